The van der Waals surface area contributed by atoms with Gasteiger partial charge in [-0.1, -0.05) is 13.8 Å². The molecule has 8 heteroatoms. The molecule has 0 saturated carbocycles. The van der Waals surface area contributed by atoms with Crippen LogP contribution >= 0.6 is 15.2 Å². The third kappa shape index (κ3) is 2.53. The van der Waals surface area contributed by atoms with Gasteiger partial charge in [-0.25, -0.2) is 0 Å². The summed E-state index contributed by atoms with van der Waals surface area (Å²) < 4.78 is 45.2. The van der Waals surface area contributed by atoms with Crippen LogP contribution in [-0.4, -0.2) is 33.3 Å². The molecule has 0 atom stereocenters. The van der Waals surface area contributed by atoms with Gasteiger partial charge in [0.25, 0.3) is 0 Å². The van der Waals surface area contributed by atoms with Crippen LogP contribution < -0.4 is 0 Å². The molecular formula is C9H22O6P2. The van der Waals surface area contributed by atoms with Gasteiger partial charge in [-0.2, -0.15) is 0 Å². The second kappa shape index (κ2) is 6.46. The molecule has 0 radical (unpaired) electrons. The van der Waals surface area contributed by atoms with E-state index in [1.807, 2.05) is 0 Å². The summed E-state index contributed by atoms with van der Waals surface area (Å²) in [6.07, 6.45) is 0.586. The quantitative estimate of drug-likeness (QED) is 0.637. The van der Waals surface area contributed by atoms with E-state index in [0.717, 1.165) is 0 Å². The van der Waals surface area contributed by atoms with Crippen LogP contribution in [-0.2, 0) is 27.2 Å². The first-order chi connectivity index (χ1) is 7.86. The van der Waals surface area contributed by atoms with Crippen molar-refractivity contribution in [1.82, 2.24) is 0 Å². The first-order valence-electron chi connectivity index (χ1n) is 5.30. The van der Waals surface area contributed by atoms with Crippen LogP contribution in [0.25, 0.3) is 0 Å². The summed E-state index contributed by atoms with van der Waals surface area (Å²) in [5, 5.41) is 0. The summed E-state index contributed by atoms with van der Waals surface area (Å²) in [6, 6.07) is 0. The minimum atomic E-state index is -3.59. The maximum absolute atomic E-state index is 12.6. The molecule has 0 rings (SSSR count). The van der Waals surface area contributed by atoms with Crippen LogP contribution in [0.5, 0.6) is 0 Å². The van der Waals surface area contributed by atoms with Crippen LogP contribution in [0, 0.1) is 0 Å². The Morgan fingerprint density at radius 3 is 1.12 bits per heavy atom. The third-order valence-electron chi connectivity index (χ3n) is 3.11. The summed E-state index contributed by atoms with van der Waals surface area (Å²) in [4.78, 5) is -1.28. The monoisotopic (exact) mass is 288 g/mol. The van der Waals surface area contributed by atoms with Gasteiger partial charge in [-0.3, -0.25) is 9.13 Å². The minimum Gasteiger partial charge on any atom is -0.311 e. The van der Waals surface area contributed by atoms with Crippen LogP contribution in [0.15, 0.2) is 0 Å². The summed E-state index contributed by atoms with van der Waals surface area (Å²) in [5.41, 5.74) is 0. The zero-order chi connectivity index (χ0) is 13.7. The summed E-state index contributed by atoms with van der Waals surface area (Å²) in [6.45, 7) is 3.50. The predicted molar refractivity (Wildman–Crippen MR) is 66.6 cm³/mol. The highest BCUT2D eigenvalue weighted by atomic mass is 31.2. The zero-order valence-electron chi connectivity index (χ0n) is 11.3. The van der Waals surface area contributed by atoms with E-state index in [0.29, 0.717) is 12.8 Å². The smallest absolute Gasteiger partial charge is 0.311 e. The normalized spacial score (nSPS) is 14.0. The summed E-state index contributed by atoms with van der Waals surface area (Å²) >= 11 is 0. The standard InChI is InChI=1S/C9H22O6P2/c1-7-9(8-2,16(10,12-3)13-4)17(11,14-5)15-6/h7-8H2,1-6H3. The van der Waals surface area contributed by atoms with Crippen molar-refractivity contribution < 1.29 is 27.2 Å². The summed E-state index contributed by atoms with van der Waals surface area (Å²) in [5.74, 6) is 0. The maximum atomic E-state index is 12.6. The van der Waals surface area contributed by atoms with Gasteiger partial charge in [-0.15, -0.1) is 0 Å². The Morgan fingerprint density at radius 1 is 0.765 bits per heavy atom. The molecule has 0 N–H and O–H groups in total. The van der Waals surface area contributed by atoms with E-state index in [-0.39, 0.29) is 0 Å². The molecule has 0 saturated heterocycles. The molecule has 0 aliphatic heterocycles. The van der Waals surface area contributed by atoms with E-state index in [1.54, 1.807) is 13.8 Å². The Hall–Kier alpha value is 0.300. The Balaban J connectivity index is 5.93. The van der Waals surface area contributed by atoms with E-state index < -0.39 is 20.1 Å². The average Bonchev–Trinajstić information content (AvgIpc) is 2.39. The van der Waals surface area contributed by atoms with Gasteiger partial charge in [0.05, 0.1) is 0 Å². The molecular weight excluding hydrogens is 266 g/mol. The first-order valence-corrected chi connectivity index (χ1v) is 8.38. The SMILES string of the molecule is CCC(CC)(P(=O)(OC)OC)P(=O)(OC)OC. The van der Waals surface area contributed by atoms with E-state index in [4.69, 9.17) is 18.1 Å². The average molecular weight is 288 g/mol. The van der Waals surface area contributed by atoms with Crippen LogP contribution in [0.3, 0.4) is 0 Å². The van der Waals surface area contributed by atoms with Crippen molar-refractivity contribution in [3.05, 3.63) is 0 Å². The molecule has 0 aromatic carbocycles. The van der Waals surface area contributed by atoms with Gasteiger partial charge in [0, 0.05) is 28.4 Å². The molecule has 0 amide bonds. The van der Waals surface area contributed by atoms with E-state index >= 15 is 0 Å². The second-order valence-corrected chi connectivity index (χ2v) is 8.93. The van der Waals surface area contributed by atoms with Crippen molar-refractivity contribution >= 4 is 15.2 Å². The van der Waals surface area contributed by atoms with Crippen molar-refractivity contribution in [3.8, 4) is 0 Å². The minimum absolute atomic E-state index is 0.293. The molecule has 6 nitrogen and oxygen atoms in total. The molecule has 17 heavy (non-hydrogen) atoms. The zero-order valence-corrected chi connectivity index (χ0v) is 13.0. The van der Waals surface area contributed by atoms with Gasteiger partial charge in [0.15, 0.2) is 4.90 Å². The second-order valence-electron chi connectivity index (χ2n) is 3.41. The number of hydrogen-bond donors (Lipinski definition) is 0. The highest BCUT2D eigenvalue weighted by molar-refractivity contribution is 7.74. The van der Waals surface area contributed by atoms with E-state index in [2.05, 4.69) is 0 Å². The fourth-order valence-electron chi connectivity index (χ4n) is 2.00. The molecule has 0 unspecified atom stereocenters. The first kappa shape index (κ1) is 17.3. The van der Waals surface area contributed by atoms with Crippen molar-refractivity contribution in [2.24, 2.45) is 0 Å². The van der Waals surface area contributed by atoms with Gasteiger partial charge in [-0.05, 0) is 12.8 Å². The number of rotatable bonds is 8. The summed E-state index contributed by atoms with van der Waals surface area (Å²) in [7, 11) is -2.12. The Morgan fingerprint density at radius 2 is 1.00 bits per heavy atom. The van der Waals surface area contributed by atoms with Crippen LogP contribution in [0.2, 0.25) is 0 Å². The van der Waals surface area contributed by atoms with Gasteiger partial charge in [0.1, 0.15) is 0 Å². The van der Waals surface area contributed by atoms with Gasteiger partial charge in [0.2, 0.25) is 0 Å². The lowest BCUT2D eigenvalue weighted by atomic mass is 10.2. The van der Waals surface area contributed by atoms with Crippen molar-refractivity contribution in [1.29, 1.82) is 0 Å². The van der Waals surface area contributed by atoms with Crippen LogP contribution in [0.4, 0.5) is 0 Å². The third-order valence-corrected chi connectivity index (χ3v) is 9.81. The molecule has 0 spiro atoms. The van der Waals surface area contributed by atoms with Crippen molar-refractivity contribution in [3.63, 3.8) is 0 Å². The fourth-order valence-corrected chi connectivity index (χ4v) is 7.39. The lowest BCUT2D eigenvalue weighted by Crippen LogP contribution is -2.30. The largest absolute Gasteiger partial charge is 0.348 e. The highest BCUT2D eigenvalue weighted by Gasteiger charge is 2.61. The topological polar surface area (TPSA) is 71.1 Å². The highest BCUT2D eigenvalue weighted by Crippen LogP contribution is 2.79. The predicted octanol–water partition coefficient (Wildman–Crippen LogP) is 3.47. The maximum Gasteiger partial charge on any atom is 0.348 e. The molecule has 104 valence electrons. The van der Waals surface area contributed by atoms with Crippen molar-refractivity contribution in [2.75, 3.05) is 28.4 Å². The molecule has 0 heterocycles. The lowest BCUT2D eigenvalue weighted by Gasteiger charge is -2.39. The molecule has 0 bridgehead atoms. The molecule has 0 fully saturated rings. The Kier molecular flexibility index (Phi) is 6.58. The number of hydrogen-bond acceptors (Lipinski definition) is 6. The molecule has 0 aromatic rings. The molecule has 0 aliphatic carbocycles. The Bertz CT molecular complexity index is 281. The van der Waals surface area contributed by atoms with E-state index in [1.165, 1.54) is 28.4 Å². The van der Waals surface area contributed by atoms with Crippen molar-refractivity contribution in [2.45, 2.75) is 31.6 Å². The lowest BCUT2D eigenvalue weighted by molar-refractivity contribution is 0.220. The van der Waals surface area contributed by atoms with Gasteiger partial charge >= 0.3 is 15.2 Å². The molecule has 0 aromatic heterocycles. The van der Waals surface area contributed by atoms with Gasteiger partial charge < -0.3 is 18.1 Å². The van der Waals surface area contributed by atoms with E-state index in [9.17, 15) is 9.13 Å². The molecule has 0 aliphatic rings. The fraction of sp³-hybridized carbons (Fsp3) is 1.00. The van der Waals surface area contributed by atoms with Crippen LogP contribution in [0.1, 0.15) is 26.7 Å². The Labute approximate surface area is 103 Å².